The summed E-state index contributed by atoms with van der Waals surface area (Å²) in [7, 11) is 0. The smallest absolute Gasteiger partial charge is 0.169 e. The van der Waals surface area contributed by atoms with Crippen LogP contribution < -0.4 is 0 Å². The van der Waals surface area contributed by atoms with Gasteiger partial charge in [0.1, 0.15) is 11.9 Å². The molecule has 0 amide bonds. The topological polar surface area (TPSA) is 31.6 Å². The van der Waals surface area contributed by atoms with E-state index >= 15 is 0 Å². The molecule has 0 bridgehead atoms. The standard InChI is InChI=1S/C18H28O3/c1-2-3-4-8-15-9-5-12-18(20-15)13-6-10-17(21-18)16-11-7-14-19-16/h7,11,14-15,17H,2-6,8-10,12-13H2,1H3/t15-,17+,18+/m0/s1. The summed E-state index contributed by atoms with van der Waals surface area (Å²) in [5.41, 5.74) is 0. The molecule has 1 aromatic rings. The Bertz CT molecular complexity index is 410. The van der Waals surface area contributed by atoms with Gasteiger partial charge in [-0.15, -0.1) is 0 Å². The fraction of sp³-hybridized carbons (Fsp3) is 0.778. The first kappa shape index (κ1) is 15.1. The maximum absolute atomic E-state index is 6.43. The second-order valence-electron chi connectivity index (χ2n) is 6.55. The van der Waals surface area contributed by atoms with Gasteiger partial charge in [-0.25, -0.2) is 0 Å². The van der Waals surface area contributed by atoms with Crippen LogP contribution in [-0.4, -0.2) is 11.9 Å². The first-order chi connectivity index (χ1) is 10.3. The van der Waals surface area contributed by atoms with Gasteiger partial charge in [0.2, 0.25) is 0 Å². The molecule has 0 radical (unpaired) electrons. The van der Waals surface area contributed by atoms with Crippen molar-refractivity contribution in [2.24, 2.45) is 0 Å². The minimum Gasteiger partial charge on any atom is -0.467 e. The Morgan fingerprint density at radius 3 is 2.76 bits per heavy atom. The number of rotatable bonds is 5. The van der Waals surface area contributed by atoms with Gasteiger partial charge in [-0.05, 0) is 44.2 Å². The molecular weight excluding hydrogens is 264 g/mol. The molecule has 0 aromatic carbocycles. The van der Waals surface area contributed by atoms with E-state index in [2.05, 4.69) is 6.92 Å². The molecule has 2 aliphatic heterocycles. The molecule has 0 unspecified atom stereocenters. The third-order valence-electron chi connectivity index (χ3n) is 4.84. The molecule has 3 heterocycles. The highest BCUT2D eigenvalue weighted by Gasteiger charge is 2.43. The molecule has 0 saturated carbocycles. The van der Waals surface area contributed by atoms with Crippen molar-refractivity contribution in [2.75, 3.05) is 0 Å². The second kappa shape index (κ2) is 6.97. The number of ether oxygens (including phenoxy) is 2. The van der Waals surface area contributed by atoms with Crippen LogP contribution in [0.1, 0.15) is 83.0 Å². The van der Waals surface area contributed by atoms with Crippen molar-refractivity contribution in [3.8, 4) is 0 Å². The largest absolute Gasteiger partial charge is 0.467 e. The maximum atomic E-state index is 6.43. The van der Waals surface area contributed by atoms with Gasteiger partial charge in [-0.3, -0.25) is 0 Å². The molecular formula is C18H28O3. The van der Waals surface area contributed by atoms with Gasteiger partial charge in [0.05, 0.1) is 12.4 Å². The second-order valence-corrected chi connectivity index (χ2v) is 6.55. The van der Waals surface area contributed by atoms with E-state index in [1.807, 2.05) is 12.1 Å². The summed E-state index contributed by atoms with van der Waals surface area (Å²) in [6, 6.07) is 3.96. The zero-order valence-electron chi connectivity index (χ0n) is 13.2. The summed E-state index contributed by atoms with van der Waals surface area (Å²) in [6.45, 7) is 2.25. The molecule has 2 fully saturated rings. The Morgan fingerprint density at radius 2 is 2.00 bits per heavy atom. The normalized spacial score (nSPS) is 33.4. The van der Waals surface area contributed by atoms with Crippen LogP contribution in [0.2, 0.25) is 0 Å². The van der Waals surface area contributed by atoms with Gasteiger partial charge < -0.3 is 13.9 Å². The number of furan rings is 1. The summed E-state index contributed by atoms with van der Waals surface area (Å²) in [4.78, 5) is 0. The van der Waals surface area contributed by atoms with E-state index in [-0.39, 0.29) is 11.9 Å². The monoisotopic (exact) mass is 292 g/mol. The van der Waals surface area contributed by atoms with E-state index in [0.717, 1.165) is 31.4 Å². The Morgan fingerprint density at radius 1 is 1.14 bits per heavy atom. The highest BCUT2D eigenvalue weighted by Crippen LogP contribution is 2.44. The average molecular weight is 292 g/mol. The maximum Gasteiger partial charge on any atom is 0.169 e. The summed E-state index contributed by atoms with van der Waals surface area (Å²) < 4.78 is 18.3. The van der Waals surface area contributed by atoms with Gasteiger partial charge in [0.25, 0.3) is 0 Å². The third-order valence-corrected chi connectivity index (χ3v) is 4.84. The summed E-state index contributed by atoms with van der Waals surface area (Å²) >= 11 is 0. The summed E-state index contributed by atoms with van der Waals surface area (Å²) in [5, 5.41) is 0. The fourth-order valence-corrected chi connectivity index (χ4v) is 3.73. The van der Waals surface area contributed by atoms with Crippen molar-refractivity contribution in [1.29, 1.82) is 0 Å². The lowest BCUT2D eigenvalue weighted by molar-refractivity contribution is -0.319. The molecule has 3 atom stereocenters. The first-order valence-corrected chi connectivity index (χ1v) is 8.70. The van der Waals surface area contributed by atoms with E-state index in [9.17, 15) is 0 Å². The summed E-state index contributed by atoms with van der Waals surface area (Å²) in [5.74, 6) is 0.607. The van der Waals surface area contributed by atoms with Crippen LogP contribution in [0.4, 0.5) is 0 Å². The average Bonchev–Trinajstić information content (AvgIpc) is 3.02. The van der Waals surface area contributed by atoms with Crippen LogP contribution in [-0.2, 0) is 9.47 Å². The zero-order valence-corrected chi connectivity index (χ0v) is 13.2. The highest BCUT2D eigenvalue weighted by molar-refractivity contribution is 5.04. The number of hydrogen-bond acceptors (Lipinski definition) is 3. The van der Waals surface area contributed by atoms with Crippen LogP contribution in [0.3, 0.4) is 0 Å². The highest BCUT2D eigenvalue weighted by atomic mass is 16.7. The van der Waals surface area contributed by atoms with Crippen LogP contribution >= 0.6 is 0 Å². The van der Waals surface area contributed by atoms with Gasteiger partial charge in [-0.2, -0.15) is 0 Å². The fourth-order valence-electron chi connectivity index (χ4n) is 3.73. The number of unbranched alkanes of at least 4 members (excludes halogenated alkanes) is 2. The molecule has 2 saturated heterocycles. The molecule has 21 heavy (non-hydrogen) atoms. The van der Waals surface area contributed by atoms with Crippen molar-refractivity contribution < 1.29 is 13.9 Å². The van der Waals surface area contributed by atoms with Gasteiger partial charge >= 0.3 is 0 Å². The van der Waals surface area contributed by atoms with E-state index in [4.69, 9.17) is 13.9 Å². The third kappa shape index (κ3) is 3.70. The van der Waals surface area contributed by atoms with Crippen LogP contribution in [0.5, 0.6) is 0 Å². The molecule has 0 N–H and O–H groups in total. The predicted octanol–water partition coefficient (Wildman–Crippen LogP) is 5.37. The molecule has 3 rings (SSSR count). The van der Waals surface area contributed by atoms with Crippen molar-refractivity contribution in [2.45, 2.75) is 89.1 Å². The van der Waals surface area contributed by atoms with Crippen molar-refractivity contribution in [1.82, 2.24) is 0 Å². The first-order valence-electron chi connectivity index (χ1n) is 8.70. The Labute approximate surface area is 128 Å². The van der Waals surface area contributed by atoms with Gasteiger partial charge in [0, 0.05) is 12.8 Å². The molecule has 1 spiro atoms. The minimum absolute atomic E-state index is 0.0724. The minimum atomic E-state index is -0.342. The summed E-state index contributed by atoms with van der Waals surface area (Å²) in [6.07, 6.45) is 13.9. The van der Waals surface area contributed by atoms with Crippen molar-refractivity contribution >= 4 is 0 Å². The SMILES string of the molecule is CCCCC[C@H]1CCC[C@@]2(CCC[C@H](c3ccco3)O2)O1. The molecule has 3 nitrogen and oxygen atoms in total. The molecule has 118 valence electrons. The Balaban J connectivity index is 1.60. The lowest BCUT2D eigenvalue weighted by Crippen LogP contribution is -2.46. The van der Waals surface area contributed by atoms with Crippen LogP contribution in [0, 0.1) is 0 Å². The van der Waals surface area contributed by atoms with Gasteiger partial charge in [-0.1, -0.05) is 26.2 Å². The number of hydrogen-bond donors (Lipinski definition) is 0. The predicted molar refractivity (Wildman–Crippen MR) is 82.0 cm³/mol. The Kier molecular flexibility index (Phi) is 5.02. The van der Waals surface area contributed by atoms with Crippen molar-refractivity contribution in [3.05, 3.63) is 24.2 Å². The van der Waals surface area contributed by atoms with Crippen molar-refractivity contribution in [3.63, 3.8) is 0 Å². The van der Waals surface area contributed by atoms with E-state index < -0.39 is 0 Å². The van der Waals surface area contributed by atoms with Crippen LogP contribution in [0.15, 0.2) is 22.8 Å². The molecule has 3 heteroatoms. The molecule has 2 aliphatic rings. The molecule has 0 aliphatic carbocycles. The van der Waals surface area contributed by atoms with E-state index in [1.54, 1.807) is 6.26 Å². The quantitative estimate of drug-likeness (QED) is 0.684. The van der Waals surface area contributed by atoms with E-state index in [1.165, 1.54) is 38.5 Å². The van der Waals surface area contributed by atoms with Crippen LogP contribution in [0.25, 0.3) is 0 Å². The Hall–Kier alpha value is -0.800. The lowest BCUT2D eigenvalue weighted by atomic mass is 9.91. The molecule has 1 aromatic heterocycles. The van der Waals surface area contributed by atoms with Gasteiger partial charge in [0.15, 0.2) is 5.79 Å². The van der Waals surface area contributed by atoms with E-state index in [0.29, 0.717) is 6.10 Å². The lowest BCUT2D eigenvalue weighted by Gasteiger charge is -2.45. The zero-order chi connectivity index (χ0) is 14.5.